The van der Waals surface area contributed by atoms with E-state index in [-0.39, 0.29) is 10.8 Å². The van der Waals surface area contributed by atoms with Gasteiger partial charge in [-0.15, -0.1) is 0 Å². The first-order valence-electron chi connectivity index (χ1n) is 6.05. The van der Waals surface area contributed by atoms with Crippen LogP contribution in [-0.4, -0.2) is 15.2 Å². The maximum absolute atomic E-state index is 12.4. The predicted octanol–water partition coefficient (Wildman–Crippen LogP) is 5.03. The Morgan fingerprint density at radius 2 is 1.57 bits per heavy atom. The molecule has 2 atom stereocenters. The fourth-order valence-corrected chi connectivity index (χ4v) is 3.54. The topological polar surface area (TPSA) is 34.1 Å². The van der Waals surface area contributed by atoms with Crippen LogP contribution in [-0.2, 0) is 10.8 Å². The smallest absolute Gasteiger partial charge is 0.179 e. The second kappa shape index (κ2) is 6.93. The van der Waals surface area contributed by atoms with Gasteiger partial charge in [0.15, 0.2) is 5.78 Å². The molecule has 0 aliphatic carbocycles. The fraction of sp³-hybridized carbons (Fsp3) is 0.133. The van der Waals surface area contributed by atoms with Crippen LogP contribution in [0.15, 0.2) is 47.4 Å². The van der Waals surface area contributed by atoms with E-state index in [1.165, 1.54) is 6.07 Å². The van der Waals surface area contributed by atoms with E-state index < -0.39 is 16.0 Å². The van der Waals surface area contributed by atoms with Gasteiger partial charge >= 0.3 is 0 Å². The van der Waals surface area contributed by atoms with Crippen LogP contribution in [0.3, 0.4) is 0 Å². The zero-order valence-electron chi connectivity index (χ0n) is 11.0. The van der Waals surface area contributed by atoms with Crippen molar-refractivity contribution in [3.63, 3.8) is 0 Å². The van der Waals surface area contributed by atoms with Crippen LogP contribution < -0.4 is 0 Å². The first-order valence-corrected chi connectivity index (χ1v) is 8.40. The average Bonchev–Trinajstić information content (AvgIpc) is 2.46. The average molecular weight is 362 g/mol. The Bertz CT molecular complexity index is 699. The van der Waals surface area contributed by atoms with Crippen molar-refractivity contribution in [3.8, 4) is 0 Å². The van der Waals surface area contributed by atoms with Gasteiger partial charge in [0, 0.05) is 20.5 Å². The van der Waals surface area contributed by atoms with Crippen molar-refractivity contribution >= 4 is 51.4 Å². The SMILES string of the molecule is CC(C(=O)c1ccc(Cl)cc1Cl)S(=O)c1ccc(Cl)cc1. The number of hydrogen-bond donors (Lipinski definition) is 0. The van der Waals surface area contributed by atoms with E-state index in [2.05, 4.69) is 0 Å². The highest BCUT2D eigenvalue weighted by molar-refractivity contribution is 7.86. The molecule has 0 radical (unpaired) electrons. The van der Waals surface area contributed by atoms with Crippen LogP contribution in [0.2, 0.25) is 15.1 Å². The number of carbonyl (C=O) groups is 1. The molecule has 0 aliphatic heterocycles. The van der Waals surface area contributed by atoms with Crippen molar-refractivity contribution in [2.45, 2.75) is 17.1 Å². The van der Waals surface area contributed by atoms with Crippen LogP contribution in [0.1, 0.15) is 17.3 Å². The van der Waals surface area contributed by atoms with E-state index in [0.717, 1.165) is 0 Å². The minimum absolute atomic E-state index is 0.257. The molecule has 21 heavy (non-hydrogen) atoms. The van der Waals surface area contributed by atoms with E-state index in [4.69, 9.17) is 34.8 Å². The van der Waals surface area contributed by atoms with Crippen molar-refractivity contribution in [1.29, 1.82) is 0 Å². The maximum Gasteiger partial charge on any atom is 0.179 e. The molecule has 2 nitrogen and oxygen atoms in total. The lowest BCUT2D eigenvalue weighted by atomic mass is 10.1. The van der Waals surface area contributed by atoms with Gasteiger partial charge < -0.3 is 0 Å². The number of ketones is 1. The summed E-state index contributed by atoms with van der Waals surface area (Å²) in [5.74, 6) is -0.287. The third-order valence-corrected chi connectivity index (χ3v) is 5.33. The van der Waals surface area contributed by atoms with Crippen LogP contribution in [0.25, 0.3) is 0 Å². The van der Waals surface area contributed by atoms with Gasteiger partial charge in [-0.05, 0) is 49.4 Å². The van der Waals surface area contributed by atoms with Crippen molar-refractivity contribution in [3.05, 3.63) is 63.1 Å². The first-order chi connectivity index (χ1) is 9.90. The summed E-state index contributed by atoms with van der Waals surface area (Å²) >= 11 is 17.6. The lowest BCUT2D eigenvalue weighted by molar-refractivity contribution is 0.0993. The van der Waals surface area contributed by atoms with Gasteiger partial charge in [-0.1, -0.05) is 34.8 Å². The Morgan fingerprint density at radius 1 is 1.00 bits per heavy atom. The monoisotopic (exact) mass is 360 g/mol. The fourth-order valence-electron chi connectivity index (χ4n) is 1.78. The minimum Gasteiger partial charge on any atom is -0.293 e. The van der Waals surface area contributed by atoms with E-state index in [0.29, 0.717) is 20.5 Å². The standard InChI is InChI=1S/C15H11Cl3O2S/c1-9(21(20)12-5-2-10(16)3-6-12)15(19)13-7-4-11(17)8-14(13)18/h2-9H,1H3. The molecular weight excluding hydrogens is 351 g/mol. The normalized spacial score (nSPS) is 13.7. The highest BCUT2D eigenvalue weighted by atomic mass is 35.5. The van der Waals surface area contributed by atoms with Gasteiger partial charge in [-0.25, -0.2) is 0 Å². The number of carbonyl (C=O) groups excluding carboxylic acids is 1. The largest absolute Gasteiger partial charge is 0.293 e. The Morgan fingerprint density at radius 3 is 2.14 bits per heavy atom. The van der Waals surface area contributed by atoms with Gasteiger partial charge in [-0.3, -0.25) is 9.00 Å². The second-order valence-electron chi connectivity index (χ2n) is 4.38. The van der Waals surface area contributed by atoms with Gasteiger partial charge in [0.1, 0.15) is 0 Å². The van der Waals surface area contributed by atoms with E-state index in [1.807, 2.05) is 0 Å². The summed E-state index contributed by atoms with van der Waals surface area (Å²) in [7, 11) is -1.48. The molecule has 2 aromatic rings. The number of Topliss-reactive ketones (excluding diaryl/α,β-unsaturated/α-hetero) is 1. The van der Waals surface area contributed by atoms with Crippen LogP contribution in [0, 0.1) is 0 Å². The van der Waals surface area contributed by atoms with Crippen LogP contribution in [0.5, 0.6) is 0 Å². The molecule has 2 rings (SSSR count). The molecule has 6 heteroatoms. The summed E-state index contributed by atoms with van der Waals surface area (Å²) in [6.45, 7) is 1.61. The van der Waals surface area contributed by atoms with Gasteiger partial charge in [0.25, 0.3) is 0 Å². The molecule has 2 unspecified atom stereocenters. The minimum atomic E-state index is -1.48. The Balaban J connectivity index is 2.26. The third-order valence-electron chi connectivity index (χ3n) is 2.93. The molecule has 0 saturated heterocycles. The Labute approximate surface area is 140 Å². The molecule has 0 heterocycles. The maximum atomic E-state index is 12.4. The number of hydrogen-bond acceptors (Lipinski definition) is 2. The number of benzene rings is 2. The van der Waals surface area contributed by atoms with E-state index in [1.54, 1.807) is 43.3 Å². The summed E-state index contributed by atoms with van der Waals surface area (Å²) in [6, 6.07) is 11.2. The molecular formula is C15H11Cl3O2S. The number of rotatable bonds is 4. The molecule has 0 spiro atoms. The van der Waals surface area contributed by atoms with Crippen molar-refractivity contribution in [2.75, 3.05) is 0 Å². The molecule has 0 aromatic heterocycles. The van der Waals surface area contributed by atoms with E-state index in [9.17, 15) is 9.00 Å². The molecule has 110 valence electrons. The van der Waals surface area contributed by atoms with Crippen LogP contribution in [0.4, 0.5) is 0 Å². The highest BCUT2D eigenvalue weighted by Gasteiger charge is 2.24. The molecule has 0 aliphatic rings. The summed E-state index contributed by atoms with van der Waals surface area (Å²) in [5.41, 5.74) is 0.316. The quantitative estimate of drug-likeness (QED) is 0.716. The summed E-state index contributed by atoms with van der Waals surface area (Å²) in [5, 5.41) is 0.538. The van der Waals surface area contributed by atoms with Gasteiger partial charge in [0.05, 0.1) is 21.1 Å². The molecule has 0 amide bonds. The predicted molar refractivity (Wildman–Crippen MR) is 88.1 cm³/mol. The van der Waals surface area contributed by atoms with Crippen molar-refractivity contribution < 1.29 is 9.00 Å². The lowest BCUT2D eigenvalue weighted by Gasteiger charge is -2.12. The first kappa shape index (κ1) is 16.5. The van der Waals surface area contributed by atoms with Gasteiger partial charge in [0.2, 0.25) is 0 Å². The third kappa shape index (κ3) is 3.86. The van der Waals surface area contributed by atoms with E-state index >= 15 is 0 Å². The Kier molecular flexibility index (Phi) is 5.44. The van der Waals surface area contributed by atoms with Gasteiger partial charge in [-0.2, -0.15) is 0 Å². The summed E-state index contributed by atoms with van der Waals surface area (Å²) in [6.07, 6.45) is 0. The zero-order valence-corrected chi connectivity index (χ0v) is 14.1. The molecule has 2 aromatic carbocycles. The summed E-state index contributed by atoms with van der Waals surface area (Å²) < 4.78 is 12.4. The van der Waals surface area contributed by atoms with Crippen molar-refractivity contribution in [1.82, 2.24) is 0 Å². The summed E-state index contributed by atoms with van der Waals surface area (Å²) in [4.78, 5) is 13.0. The van der Waals surface area contributed by atoms with Crippen molar-refractivity contribution in [2.24, 2.45) is 0 Å². The number of halogens is 3. The second-order valence-corrected chi connectivity index (χ2v) is 7.44. The molecule has 0 saturated carbocycles. The highest BCUT2D eigenvalue weighted by Crippen LogP contribution is 2.24. The van der Waals surface area contributed by atoms with Crippen LogP contribution >= 0.6 is 34.8 Å². The zero-order chi connectivity index (χ0) is 15.6. The molecule has 0 N–H and O–H groups in total. The Hall–Kier alpha value is -0.870. The molecule has 0 bridgehead atoms. The molecule has 0 fully saturated rings. The lowest BCUT2D eigenvalue weighted by Crippen LogP contribution is -2.23.